The van der Waals surface area contributed by atoms with E-state index < -0.39 is 5.91 Å². The van der Waals surface area contributed by atoms with Crippen molar-refractivity contribution in [1.82, 2.24) is 9.78 Å². The number of carbonyl (C=O) groups excluding carboxylic acids is 2. The van der Waals surface area contributed by atoms with E-state index in [-0.39, 0.29) is 17.7 Å². The molecule has 7 heteroatoms. The highest BCUT2D eigenvalue weighted by atomic mass is 32.2. The van der Waals surface area contributed by atoms with Crippen molar-refractivity contribution in [2.45, 2.75) is 38.5 Å². The lowest BCUT2D eigenvalue weighted by Crippen LogP contribution is -2.22. The summed E-state index contributed by atoms with van der Waals surface area (Å²) in [5.74, 6) is 0.454. The van der Waals surface area contributed by atoms with Crippen molar-refractivity contribution in [3.05, 3.63) is 12.4 Å². The number of nitrogens with one attached hydrogen (secondary N) is 1. The number of nitrogens with zero attached hydrogens (tertiary/aromatic N) is 2. The zero-order chi connectivity index (χ0) is 14.3. The molecule has 1 heterocycles. The van der Waals surface area contributed by atoms with Gasteiger partial charge in [-0.2, -0.15) is 5.10 Å². The highest BCUT2D eigenvalue weighted by molar-refractivity contribution is 8.00. The molecule has 2 amide bonds. The fourth-order valence-corrected chi connectivity index (χ4v) is 2.42. The summed E-state index contributed by atoms with van der Waals surface area (Å²) >= 11 is 1.63. The standard InChI is InChI=1S/C12H20N4O2S/c1-3-4-5-19-9(2)12(18)15-10-6-14-16(7-10)8-11(13)17/h6-7,9H,3-5,8H2,1-2H3,(H2,13,17)(H,15,18)/t9-/m1/s1. The van der Waals surface area contributed by atoms with Gasteiger partial charge in [0.05, 0.1) is 17.1 Å². The molecule has 0 fully saturated rings. The van der Waals surface area contributed by atoms with Crippen LogP contribution in [0.25, 0.3) is 0 Å². The summed E-state index contributed by atoms with van der Waals surface area (Å²) < 4.78 is 1.40. The maximum absolute atomic E-state index is 11.9. The number of unbranched alkanes of at least 4 members (excludes halogenated alkanes) is 1. The van der Waals surface area contributed by atoms with Crippen LogP contribution in [0.2, 0.25) is 0 Å². The summed E-state index contributed by atoms with van der Waals surface area (Å²) in [6.07, 6.45) is 5.33. The van der Waals surface area contributed by atoms with Crippen LogP contribution >= 0.6 is 11.8 Å². The molecule has 1 aromatic rings. The Kier molecular flexibility index (Phi) is 6.41. The molecule has 0 unspecified atom stereocenters. The van der Waals surface area contributed by atoms with Gasteiger partial charge in [-0.15, -0.1) is 11.8 Å². The van der Waals surface area contributed by atoms with Crippen molar-refractivity contribution in [2.75, 3.05) is 11.1 Å². The molecule has 0 aliphatic heterocycles. The first-order chi connectivity index (χ1) is 9.02. The molecule has 1 aromatic heterocycles. The van der Waals surface area contributed by atoms with E-state index in [1.54, 1.807) is 18.0 Å². The molecule has 1 atom stereocenters. The lowest BCUT2D eigenvalue weighted by atomic mass is 10.4. The van der Waals surface area contributed by atoms with E-state index in [2.05, 4.69) is 17.3 Å². The summed E-state index contributed by atoms with van der Waals surface area (Å²) in [5.41, 5.74) is 5.64. The SMILES string of the molecule is CCCCS[C@H](C)C(=O)Nc1cnn(CC(N)=O)c1. The van der Waals surface area contributed by atoms with Gasteiger partial charge in [-0.25, -0.2) is 0 Å². The van der Waals surface area contributed by atoms with Gasteiger partial charge >= 0.3 is 0 Å². The second kappa shape index (κ2) is 7.83. The minimum Gasteiger partial charge on any atom is -0.368 e. The van der Waals surface area contributed by atoms with Crippen molar-refractivity contribution < 1.29 is 9.59 Å². The normalized spacial score (nSPS) is 12.1. The zero-order valence-electron chi connectivity index (χ0n) is 11.3. The average molecular weight is 284 g/mol. The molecule has 0 aromatic carbocycles. The number of nitrogens with two attached hydrogens (primary N) is 1. The number of carbonyl (C=O) groups is 2. The molecule has 0 saturated carbocycles. The van der Waals surface area contributed by atoms with E-state index in [1.807, 2.05) is 6.92 Å². The van der Waals surface area contributed by atoms with Crippen LogP contribution < -0.4 is 11.1 Å². The fraction of sp³-hybridized carbons (Fsp3) is 0.583. The Labute approximate surface area is 117 Å². The van der Waals surface area contributed by atoms with E-state index in [4.69, 9.17) is 5.73 Å². The number of primary amides is 1. The minimum atomic E-state index is -0.468. The van der Waals surface area contributed by atoms with Gasteiger partial charge in [0.1, 0.15) is 6.54 Å². The smallest absolute Gasteiger partial charge is 0.239 e. The Morgan fingerprint density at radius 2 is 2.32 bits per heavy atom. The van der Waals surface area contributed by atoms with Gasteiger partial charge in [-0.05, 0) is 19.1 Å². The van der Waals surface area contributed by atoms with Gasteiger partial charge < -0.3 is 11.1 Å². The van der Waals surface area contributed by atoms with Crippen molar-refractivity contribution >= 4 is 29.3 Å². The molecule has 1 rings (SSSR count). The molecule has 0 saturated heterocycles. The number of anilines is 1. The van der Waals surface area contributed by atoms with E-state index in [0.29, 0.717) is 5.69 Å². The van der Waals surface area contributed by atoms with Crippen LogP contribution in [0.1, 0.15) is 26.7 Å². The predicted octanol–water partition coefficient (Wildman–Crippen LogP) is 1.23. The average Bonchev–Trinajstić information content (AvgIpc) is 2.75. The van der Waals surface area contributed by atoms with Gasteiger partial charge in [-0.3, -0.25) is 14.3 Å². The summed E-state index contributed by atoms with van der Waals surface area (Å²) in [6, 6.07) is 0. The van der Waals surface area contributed by atoms with Gasteiger partial charge in [0.25, 0.3) is 0 Å². The predicted molar refractivity (Wildman–Crippen MR) is 76.9 cm³/mol. The molecule has 0 bridgehead atoms. The summed E-state index contributed by atoms with van der Waals surface area (Å²) in [4.78, 5) is 22.6. The number of aromatic nitrogens is 2. The number of hydrogen-bond acceptors (Lipinski definition) is 4. The first kappa shape index (κ1) is 15.6. The summed E-state index contributed by atoms with van der Waals surface area (Å²) in [7, 11) is 0. The van der Waals surface area contributed by atoms with Crippen molar-refractivity contribution in [2.24, 2.45) is 5.73 Å². The van der Waals surface area contributed by atoms with Crippen LogP contribution in [0.15, 0.2) is 12.4 Å². The third-order valence-electron chi connectivity index (χ3n) is 2.45. The van der Waals surface area contributed by atoms with Crippen molar-refractivity contribution in [3.8, 4) is 0 Å². The topological polar surface area (TPSA) is 90.0 Å². The third-order valence-corrected chi connectivity index (χ3v) is 3.69. The van der Waals surface area contributed by atoms with Gasteiger partial charge in [0.2, 0.25) is 11.8 Å². The molecule has 0 radical (unpaired) electrons. The Hall–Kier alpha value is -1.50. The minimum absolute atomic E-state index is 0.0106. The summed E-state index contributed by atoms with van der Waals surface area (Å²) in [5, 5.41) is 6.60. The van der Waals surface area contributed by atoms with Crippen molar-refractivity contribution in [3.63, 3.8) is 0 Å². The Morgan fingerprint density at radius 1 is 1.58 bits per heavy atom. The Morgan fingerprint density at radius 3 is 2.95 bits per heavy atom. The monoisotopic (exact) mass is 284 g/mol. The van der Waals surface area contributed by atoms with Crippen LogP contribution in [-0.4, -0.2) is 32.6 Å². The molecule has 0 aliphatic carbocycles. The summed E-state index contributed by atoms with van der Waals surface area (Å²) in [6.45, 7) is 4.01. The Balaban J connectivity index is 2.43. The zero-order valence-corrected chi connectivity index (χ0v) is 12.1. The number of hydrogen-bond donors (Lipinski definition) is 2. The van der Waals surface area contributed by atoms with E-state index >= 15 is 0 Å². The number of rotatable bonds is 8. The van der Waals surface area contributed by atoms with Crippen LogP contribution in [-0.2, 0) is 16.1 Å². The van der Waals surface area contributed by atoms with Crippen molar-refractivity contribution in [1.29, 1.82) is 0 Å². The van der Waals surface area contributed by atoms with E-state index in [0.717, 1.165) is 18.6 Å². The molecular formula is C12H20N4O2S. The number of thioether (sulfide) groups is 1. The molecule has 0 aliphatic rings. The van der Waals surface area contributed by atoms with E-state index in [9.17, 15) is 9.59 Å². The lowest BCUT2D eigenvalue weighted by Gasteiger charge is -2.10. The molecular weight excluding hydrogens is 264 g/mol. The second-order valence-electron chi connectivity index (χ2n) is 4.25. The largest absolute Gasteiger partial charge is 0.368 e. The second-order valence-corrected chi connectivity index (χ2v) is 5.70. The lowest BCUT2D eigenvalue weighted by molar-refractivity contribution is -0.118. The van der Waals surface area contributed by atoms with E-state index in [1.165, 1.54) is 10.9 Å². The third kappa shape index (κ3) is 5.78. The van der Waals surface area contributed by atoms with Crippen LogP contribution in [0.5, 0.6) is 0 Å². The first-order valence-electron chi connectivity index (χ1n) is 6.26. The number of amides is 2. The Bertz CT molecular complexity index is 433. The van der Waals surface area contributed by atoms with Crippen LogP contribution in [0.3, 0.4) is 0 Å². The highest BCUT2D eigenvalue weighted by Crippen LogP contribution is 2.15. The van der Waals surface area contributed by atoms with Gasteiger partial charge in [0, 0.05) is 6.20 Å². The molecule has 6 nitrogen and oxygen atoms in total. The van der Waals surface area contributed by atoms with Gasteiger partial charge in [0.15, 0.2) is 0 Å². The molecule has 106 valence electrons. The first-order valence-corrected chi connectivity index (χ1v) is 7.31. The molecule has 19 heavy (non-hydrogen) atoms. The van der Waals surface area contributed by atoms with Crippen LogP contribution in [0.4, 0.5) is 5.69 Å². The highest BCUT2D eigenvalue weighted by Gasteiger charge is 2.14. The maximum atomic E-state index is 11.9. The van der Waals surface area contributed by atoms with Crippen LogP contribution in [0, 0.1) is 0 Å². The molecule has 3 N–H and O–H groups in total. The van der Waals surface area contributed by atoms with Gasteiger partial charge in [-0.1, -0.05) is 13.3 Å². The fourth-order valence-electron chi connectivity index (χ4n) is 1.40. The maximum Gasteiger partial charge on any atom is 0.239 e. The quantitative estimate of drug-likeness (QED) is 0.702. The molecule has 0 spiro atoms.